The lowest BCUT2D eigenvalue weighted by Crippen LogP contribution is -2.50. The highest BCUT2D eigenvalue weighted by molar-refractivity contribution is 7.19. The monoisotopic (exact) mass is 492 g/mol. The van der Waals surface area contributed by atoms with Gasteiger partial charge in [-0.05, 0) is 36.6 Å². The Morgan fingerprint density at radius 2 is 1.86 bits per heavy atom. The van der Waals surface area contributed by atoms with Gasteiger partial charge in [0, 0.05) is 55.8 Å². The number of piperazine rings is 1. The predicted octanol–water partition coefficient (Wildman–Crippen LogP) is 5.11. The molecule has 0 atom stereocenters. The number of hydrogen-bond donors (Lipinski definition) is 1. The van der Waals surface area contributed by atoms with Crippen LogP contribution in [0.25, 0.3) is 10.2 Å². The molecule has 0 radical (unpaired) electrons. The van der Waals surface area contributed by atoms with E-state index in [1.807, 2.05) is 34.4 Å². The molecule has 5 rings (SSSR count). The Bertz CT molecular complexity index is 1210. The van der Waals surface area contributed by atoms with Crippen molar-refractivity contribution in [1.82, 2.24) is 19.8 Å². The van der Waals surface area contributed by atoms with E-state index < -0.39 is 0 Å². The number of nitrogens with one attached hydrogen (secondary N) is 1. The fraction of sp³-hybridized carbons (Fsp3) is 0.519. The van der Waals surface area contributed by atoms with Crippen LogP contribution >= 0.6 is 11.3 Å². The van der Waals surface area contributed by atoms with E-state index in [-0.39, 0.29) is 11.9 Å². The quantitative estimate of drug-likeness (QED) is 0.536. The van der Waals surface area contributed by atoms with E-state index in [4.69, 9.17) is 9.97 Å². The van der Waals surface area contributed by atoms with Gasteiger partial charge in [0.15, 0.2) is 0 Å². The Hall–Kier alpha value is -2.71. The number of aromatic nitrogens is 2. The van der Waals surface area contributed by atoms with Crippen LogP contribution in [0.15, 0.2) is 24.3 Å². The smallest absolute Gasteiger partial charge is 0.321 e. The number of nitrogens with zero attached hydrogens (tertiary/aromatic N) is 5. The van der Waals surface area contributed by atoms with E-state index in [1.165, 1.54) is 15.8 Å². The minimum absolute atomic E-state index is 0.0196. The molecular weight excluding hydrogens is 456 g/mol. The number of carbonyl (C=O) groups is 1. The summed E-state index contributed by atoms with van der Waals surface area (Å²) < 4.78 is 0. The Labute approximate surface area is 212 Å². The van der Waals surface area contributed by atoms with Gasteiger partial charge in [0.1, 0.15) is 16.5 Å². The number of urea groups is 1. The van der Waals surface area contributed by atoms with Crippen molar-refractivity contribution >= 4 is 39.1 Å². The highest BCUT2D eigenvalue weighted by Gasteiger charge is 2.29. The van der Waals surface area contributed by atoms with Crippen molar-refractivity contribution in [2.45, 2.75) is 53.0 Å². The lowest BCUT2D eigenvalue weighted by Gasteiger charge is -2.36. The highest BCUT2D eigenvalue weighted by Crippen LogP contribution is 2.39. The van der Waals surface area contributed by atoms with Crippen LogP contribution in [0.5, 0.6) is 0 Å². The van der Waals surface area contributed by atoms with E-state index in [0.29, 0.717) is 13.1 Å². The number of fused-ring (bicyclic) bond motifs is 3. The molecule has 0 spiro atoms. The molecule has 2 aliphatic heterocycles. The van der Waals surface area contributed by atoms with Gasteiger partial charge in [-0.25, -0.2) is 14.8 Å². The van der Waals surface area contributed by atoms with Gasteiger partial charge in [0.25, 0.3) is 0 Å². The van der Waals surface area contributed by atoms with Crippen molar-refractivity contribution in [1.29, 1.82) is 0 Å². The van der Waals surface area contributed by atoms with E-state index in [1.54, 1.807) is 0 Å². The average molecular weight is 493 g/mol. The standard InChI is InChI=1S/C27H36N6OS/c1-5-19-9-7-8-10-21(19)28-27(34)33-15-13-32(14-16-33)25-23-20-11-12-31(6-2)17-22(20)35-26(23)30-24(29-25)18(3)4/h7-10,18H,5-6,11-17H2,1-4H3,(H,28,34). The summed E-state index contributed by atoms with van der Waals surface area (Å²) in [6, 6.07) is 8.03. The first-order valence-electron chi connectivity index (χ1n) is 12.9. The van der Waals surface area contributed by atoms with Crippen LogP contribution in [-0.2, 0) is 19.4 Å². The molecule has 1 N–H and O–H groups in total. The minimum Gasteiger partial charge on any atom is -0.352 e. The van der Waals surface area contributed by atoms with Crippen LogP contribution in [0.3, 0.4) is 0 Å². The highest BCUT2D eigenvalue weighted by atomic mass is 32.1. The van der Waals surface area contributed by atoms with Gasteiger partial charge >= 0.3 is 6.03 Å². The number of likely N-dealkylation sites (N-methyl/N-ethyl adjacent to an activating group) is 1. The molecule has 0 aliphatic carbocycles. The van der Waals surface area contributed by atoms with Gasteiger partial charge in [-0.15, -0.1) is 11.3 Å². The maximum absolute atomic E-state index is 13.0. The number of benzene rings is 1. The number of para-hydroxylation sites is 1. The Morgan fingerprint density at radius 1 is 1.09 bits per heavy atom. The molecule has 3 aromatic rings. The van der Waals surface area contributed by atoms with Crippen molar-refractivity contribution in [2.75, 3.05) is 49.5 Å². The third-order valence-corrected chi connectivity index (χ3v) is 8.36. The molecule has 35 heavy (non-hydrogen) atoms. The second kappa shape index (κ2) is 10.1. The molecular formula is C27H36N6OS. The van der Waals surface area contributed by atoms with Crippen LogP contribution in [0, 0.1) is 0 Å². The zero-order valence-corrected chi connectivity index (χ0v) is 22.1. The largest absolute Gasteiger partial charge is 0.352 e. The molecule has 1 saturated heterocycles. The molecule has 4 heterocycles. The molecule has 0 bridgehead atoms. The number of rotatable bonds is 5. The van der Waals surface area contributed by atoms with Gasteiger partial charge in [-0.3, -0.25) is 4.90 Å². The number of hydrogen-bond acceptors (Lipinski definition) is 6. The average Bonchev–Trinajstić information content (AvgIpc) is 3.26. The van der Waals surface area contributed by atoms with Gasteiger partial charge in [0.05, 0.1) is 5.39 Å². The molecule has 7 nitrogen and oxygen atoms in total. The second-order valence-corrected chi connectivity index (χ2v) is 10.9. The number of amides is 2. The molecule has 8 heteroatoms. The van der Waals surface area contributed by atoms with E-state index in [0.717, 1.165) is 73.3 Å². The number of carbonyl (C=O) groups excluding carboxylic acids is 1. The first-order valence-corrected chi connectivity index (χ1v) is 13.7. The van der Waals surface area contributed by atoms with Gasteiger partial charge in [-0.2, -0.15) is 0 Å². The van der Waals surface area contributed by atoms with Crippen LogP contribution in [0.2, 0.25) is 0 Å². The van der Waals surface area contributed by atoms with Crippen molar-refractivity contribution in [3.8, 4) is 0 Å². The molecule has 1 fully saturated rings. The van der Waals surface area contributed by atoms with Crippen molar-refractivity contribution in [2.24, 2.45) is 0 Å². The van der Waals surface area contributed by atoms with Crippen molar-refractivity contribution in [3.63, 3.8) is 0 Å². The zero-order chi connectivity index (χ0) is 24.5. The molecule has 0 saturated carbocycles. The Morgan fingerprint density at radius 3 is 2.57 bits per heavy atom. The van der Waals surface area contributed by atoms with Gasteiger partial charge in [0.2, 0.25) is 0 Å². The Kier molecular flexibility index (Phi) is 6.93. The van der Waals surface area contributed by atoms with E-state index in [9.17, 15) is 4.79 Å². The third kappa shape index (κ3) is 4.74. The molecule has 2 aromatic heterocycles. The van der Waals surface area contributed by atoms with Crippen LogP contribution in [-0.4, -0.2) is 65.1 Å². The topological polar surface area (TPSA) is 64.6 Å². The lowest BCUT2D eigenvalue weighted by molar-refractivity contribution is 0.208. The summed E-state index contributed by atoms with van der Waals surface area (Å²) in [7, 11) is 0. The Balaban J connectivity index is 1.37. The summed E-state index contributed by atoms with van der Waals surface area (Å²) in [6.45, 7) is 14.8. The number of anilines is 2. The predicted molar refractivity (Wildman–Crippen MR) is 145 cm³/mol. The minimum atomic E-state index is -0.0196. The summed E-state index contributed by atoms with van der Waals surface area (Å²) in [4.78, 5) is 32.4. The van der Waals surface area contributed by atoms with E-state index >= 15 is 0 Å². The summed E-state index contributed by atoms with van der Waals surface area (Å²) >= 11 is 1.84. The summed E-state index contributed by atoms with van der Waals surface area (Å²) in [6.07, 6.45) is 1.95. The maximum atomic E-state index is 13.0. The van der Waals surface area contributed by atoms with Crippen LogP contribution in [0.1, 0.15) is 55.4 Å². The van der Waals surface area contributed by atoms with Gasteiger partial charge < -0.3 is 15.1 Å². The number of thiophene rings is 1. The fourth-order valence-electron chi connectivity index (χ4n) is 5.07. The van der Waals surface area contributed by atoms with Crippen molar-refractivity contribution in [3.05, 3.63) is 46.1 Å². The van der Waals surface area contributed by atoms with E-state index in [2.05, 4.69) is 48.9 Å². The SMILES string of the molecule is CCc1ccccc1NC(=O)N1CCN(c2nc(C(C)C)nc3sc4c(c23)CCN(CC)C4)CC1. The summed E-state index contributed by atoms with van der Waals surface area (Å²) in [5, 5.41) is 4.38. The first-order chi connectivity index (χ1) is 17.0. The molecule has 2 amide bonds. The molecule has 2 aliphatic rings. The zero-order valence-electron chi connectivity index (χ0n) is 21.3. The third-order valence-electron chi connectivity index (χ3n) is 7.25. The summed E-state index contributed by atoms with van der Waals surface area (Å²) in [5.74, 6) is 2.25. The summed E-state index contributed by atoms with van der Waals surface area (Å²) in [5.41, 5.74) is 3.51. The fourth-order valence-corrected chi connectivity index (χ4v) is 6.33. The normalized spacial score (nSPS) is 16.7. The van der Waals surface area contributed by atoms with Gasteiger partial charge in [-0.1, -0.05) is 45.9 Å². The first kappa shape index (κ1) is 24.0. The second-order valence-electron chi connectivity index (χ2n) is 9.78. The van der Waals surface area contributed by atoms with Crippen LogP contribution in [0.4, 0.5) is 16.3 Å². The maximum Gasteiger partial charge on any atom is 0.321 e. The molecule has 1 aromatic carbocycles. The molecule has 186 valence electrons. The molecule has 0 unspecified atom stereocenters. The lowest BCUT2D eigenvalue weighted by atomic mass is 10.0. The number of aryl methyl sites for hydroxylation is 1. The van der Waals surface area contributed by atoms with Crippen LogP contribution < -0.4 is 10.2 Å². The van der Waals surface area contributed by atoms with Crippen molar-refractivity contribution < 1.29 is 4.79 Å².